The van der Waals surface area contributed by atoms with Crippen LogP contribution in [0.15, 0.2) is 24.4 Å². The van der Waals surface area contributed by atoms with Crippen LogP contribution in [0.4, 0.5) is 5.82 Å². The van der Waals surface area contributed by atoms with Crippen LogP contribution in [-0.2, 0) is 9.53 Å². The molecule has 2 aromatic rings. The molecule has 0 radical (unpaired) electrons. The SMILES string of the molecule is COC(=O)C12CCC(Nc3ccc4ncc(/C(N)=C/C(C)=N)n4n3)(CC1)CC2. The van der Waals surface area contributed by atoms with Gasteiger partial charge in [-0.3, -0.25) is 4.79 Å². The first-order chi connectivity index (χ1) is 13.4. The average molecular weight is 382 g/mol. The number of nitrogens with zero attached hydrogens (tertiary/aromatic N) is 3. The Morgan fingerprint density at radius 3 is 2.57 bits per heavy atom. The molecule has 8 heteroatoms. The molecular formula is C20H26N6O2. The molecule has 0 amide bonds. The number of carbonyl (C=O) groups excluding carboxylic acids is 1. The van der Waals surface area contributed by atoms with Gasteiger partial charge in [-0.25, -0.2) is 9.50 Å². The molecule has 4 N–H and O–H groups in total. The van der Waals surface area contributed by atoms with Crippen molar-refractivity contribution in [3.05, 3.63) is 30.1 Å². The quantitative estimate of drug-likeness (QED) is 0.540. The number of carbonyl (C=O) groups is 1. The molecule has 0 spiro atoms. The summed E-state index contributed by atoms with van der Waals surface area (Å²) in [7, 11) is 1.48. The minimum absolute atomic E-state index is 0.0376. The molecular weight excluding hydrogens is 356 g/mol. The number of hydrogen-bond donors (Lipinski definition) is 3. The van der Waals surface area contributed by atoms with E-state index in [-0.39, 0.29) is 16.9 Å². The fourth-order valence-corrected chi connectivity index (χ4v) is 4.61. The van der Waals surface area contributed by atoms with Gasteiger partial charge in [0.1, 0.15) is 11.5 Å². The number of imidazole rings is 1. The number of allylic oxidation sites excluding steroid dienone is 1. The number of aromatic nitrogens is 3. The number of fused-ring (bicyclic) bond motifs is 4. The van der Waals surface area contributed by atoms with Gasteiger partial charge in [0.2, 0.25) is 0 Å². The van der Waals surface area contributed by atoms with Crippen LogP contribution in [0.2, 0.25) is 0 Å². The maximum atomic E-state index is 12.2. The monoisotopic (exact) mass is 382 g/mol. The van der Waals surface area contributed by atoms with Crippen molar-refractivity contribution in [2.24, 2.45) is 11.1 Å². The topological polar surface area (TPSA) is 118 Å². The molecule has 0 unspecified atom stereocenters. The van der Waals surface area contributed by atoms with E-state index in [4.69, 9.17) is 21.0 Å². The van der Waals surface area contributed by atoms with Crippen LogP contribution < -0.4 is 11.1 Å². The highest BCUT2D eigenvalue weighted by Crippen LogP contribution is 2.53. The van der Waals surface area contributed by atoms with Gasteiger partial charge in [0.05, 0.1) is 24.4 Å². The molecule has 3 fully saturated rings. The van der Waals surface area contributed by atoms with E-state index in [1.54, 1.807) is 23.7 Å². The van der Waals surface area contributed by atoms with Crippen molar-refractivity contribution < 1.29 is 9.53 Å². The average Bonchev–Trinajstić information content (AvgIpc) is 3.11. The highest BCUT2D eigenvalue weighted by atomic mass is 16.5. The number of esters is 1. The number of methoxy groups -OCH3 is 1. The number of ether oxygens (including phenoxy) is 1. The first-order valence-electron chi connectivity index (χ1n) is 9.61. The van der Waals surface area contributed by atoms with E-state index < -0.39 is 0 Å². The minimum Gasteiger partial charge on any atom is -0.469 e. The summed E-state index contributed by atoms with van der Waals surface area (Å²) in [5, 5.41) is 15.9. The lowest BCUT2D eigenvalue weighted by molar-refractivity contribution is -0.159. The lowest BCUT2D eigenvalue weighted by atomic mass is 9.57. The Labute approximate surface area is 163 Å². The first kappa shape index (κ1) is 18.5. The second-order valence-electron chi connectivity index (χ2n) is 8.09. The molecule has 8 nitrogen and oxygen atoms in total. The predicted molar refractivity (Wildman–Crippen MR) is 107 cm³/mol. The molecule has 0 atom stereocenters. The first-order valence-corrected chi connectivity index (χ1v) is 9.61. The van der Waals surface area contributed by atoms with Gasteiger partial charge in [-0.2, -0.15) is 0 Å². The molecule has 3 aliphatic rings. The van der Waals surface area contributed by atoms with Crippen molar-refractivity contribution in [2.45, 2.75) is 51.0 Å². The van der Waals surface area contributed by atoms with Crippen molar-refractivity contribution in [1.82, 2.24) is 14.6 Å². The molecule has 0 aliphatic heterocycles. The Morgan fingerprint density at radius 2 is 1.96 bits per heavy atom. The van der Waals surface area contributed by atoms with Crippen molar-refractivity contribution in [1.29, 1.82) is 5.41 Å². The molecule has 0 aromatic carbocycles. The third kappa shape index (κ3) is 3.02. The zero-order valence-electron chi connectivity index (χ0n) is 16.3. The summed E-state index contributed by atoms with van der Waals surface area (Å²) in [6.45, 7) is 1.68. The summed E-state index contributed by atoms with van der Waals surface area (Å²) in [5.74, 6) is 0.700. The number of anilines is 1. The highest BCUT2D eigenvalue weighted by Gasteiger charge is 2.53. The van der Waals surface area contributed by atoms with Crippen LogP contribution in [0.3, 0.4) is 0 Å². The Balaban J connectivity index is 1.58. The Bertz CT molecular complexity index is 952. The minimum atomic E-state index is -0.295. The van der Waals surface area contributed by atoms with E-state index in [0.717, 1.165) is 44.3 Å². The standard InChI is InChI=1S/C20H26N6O2/c1-13(21)11-14(22)15-12-23-17-4-3-16(25-26(15)17)24-20-8-5-19(6-9-20,7-10-20)18(27)28-2/h3-4,11-12,21H,5-10,22H2,1-2H3,(H,24,25)/b14-11-,21-13?. The van der Waals surface area contributed by atoms with Crippen molar-refractivity contribution >= 4 is 28.8 Å². The summed E-state index contributed by atoms with van der Waals surface area (Å²) in [6.07, 6.45) is 8.58. The maximum Gasteiger partial charge on any atom is 0.311 e. The van der Waals surface area contributed by atoms with Crippen LogP contribution in [0, 0.1) is 10.8 Å². The molecule has 3 aliphatic carbocycles. The van der Waals surface area contributed by atoms with Crippen LogP contribution >= 0.6 is 0 Å². The van der Waals surface area contributed by atoms with Gasteiger partial charge in [-0.1, -0.05) is 0 Å². The van der Waals surface area contributed by atoms with Gasteiger partial charge in [0.15, 0.2) is 5.65 Å². The van der Waals surface area contributed by atoms with Gasteiger partial charge >= 0.3 is 5.97 Å². The lowest BCUT2D eigenvalue weighted by Crippen LogP contribution is -2.53. The van der Waals surface area contributed by atoms with E-state index >= 15 is 0 Å². The second-order valence-corrected chi connectivity index (χ2v) is 8.09. The summed E-state index contributed by atoms with van der Waals surface area (Å²) < 4.78 is 6.75. The maximum absolute atomic E-state index is 12.2. The summed E-state index contributed by atoms with van der Waals surface area (Å²) in [6, 6.07) is 3.84. The molecule has 148 valence electrons. The zero-order chi connectivity index (χ0) is 19.9. The number of nitrogens with two attached hydrogens (primary N) is 1. The molecule has 28 heavy (non-hydrogen) atoms. The van der Waals surface area contributed by atoms with Crippen LogP contribution in [-0.4, -0.2) is 38.9 Å². The molecule has 0 saturated heterocycles. The van der Waals surface area contributed by atoms with E-state index in [0.29, 0.717) is 22.7 Å². The van der Waals surface area contributed by atoms with E-state index in [9.17, 15) is 4.79 Å². The highest BCUT2D eigenvalue weighted by molar-refractivity contribution is 5.96. The van der Waals surface area contributed by atoms with Gasteiger partial charge in [0, 0.05) is 11.3 Å². The number of rotatable bonds is 5. The third-order valence-electron chi connectivity index (χ3n) is 6.29. The van der Waals surface area contributed by atoms with Gasteiger partial charge < -0.3 is 21.2 Å². The Morgan fingerprint density at radius 1 is 1.29 bits per heavy atom. The zero-order valence-corrected chi connectivity index (χ0v) is 16.3. The fraction of sp³-hybridized carbons (Fsp3) is 0.500. The van der Waals surface area contributed by atoms with Crippen molar-refractivity contribution in [3.63, 3.8) is 0 Å². The van der Waals surface area contributed by atoms with E-state index in [1.807, 2.05) is 12.1 Å². The summed E-state index contributed by atoms with van der Waals surface area (Å²) >= 11 is 0. The van der Waals surface area contributed by atoms with Crippen molar-refractivity contribution in [3.8, 4) is 0 Å². The fourth-order valence-electron chi connectivity index (χ4n) is 4.61. The smallest absolute Gasteiger partial charge is 0.311 e. The van der Waals surface area contributed by atoms with Gasteiger partial charge in [-0.05, 0) is 63.7 Å². The Hall–Kier alpha value is -2.90. The Kier molecular flexibility index (Phi) is 4.36. The molecule has 3 saturated carbocycles. The van der Waals surface area contributed by atoms with Gasteiger partial charge in [-0.15, -0.1) is 5.10 Å². The van der Waals surface area contributed by atoms with E-state index in [2.05, 4.69) is 10.3 Å². The molecule has 2 aromatic heterocycles. The predicted octanol–water partition coefficient (Wildman–Crippen LogP) is 2.75. The van der Waals surface area contributed by atoms with E-state index in [1.165, 1.54) is 7.11 Å². The van der Waals surface area contributed by atoms with Gasteiger partial charge in [0.25, 0.3) is 0 Å². The lowest BCUT2D eigenvalue weighted by Gasteiger charge is -2.52. The third-order valence-corrected chi connectivity index (χ3v) is 6.29. The van der Waals surface area contributed by atoms with Crippen LogP contribution in [0.25, 0.3) is 11.3 Å². The second kappa shape index (κ2) is 6.61. The number of nitrogens with one attached hydrogen (secondary N) is 2. The normalized spacial score (nSPS) is 27.0. The van der Waals surface area contributed by atoms with Crippen LogP contribution in [0.1, 0.15) is 51.1 Å². The molecule has 5 rings (SSSR count). The molecule has 2 bridgehead atoms. The summed E-state index contributed by atoms with van der Waals surface area (Å²) in [4.78, 5) is 16.6. The summed E-state index contributed by atoms with van der Waals surface area (Å²) in [5.41, 5.74) is 7.98. The van der Waals surface area contributed by atoms with Crippen molar-refractivity contribution in [2.75, 3.05) is 12.4 Å². The number of hydrogen-bond acceptors (Lipinski definition) is 7. The largest absolute Gasteiger partial charge is 0.469 e. The molecule has 2 heterocycles. The van der Waals surface area contributed by atoms with Crippen LogP contribution in [0.5, 0.6) is 0 Å².